The van der Waals surface area contributed by atoms with E-state index in [0.29, 0.717) is 19.4 Å². The van der Waals surface area contributed by atoms with Crippen LogP contribution in [-0.4, -0.2) is 269 Å². The Hall–Kier alpha value is -1.30. The third-order valence-corrected chi connectivity index (χ3v) is 22.5. The molecule has 2 bridgehead atoms. The molecule has 7 saturated heterocycles. The molecule has 7 heterocycles. The van der Waals surface area contributed by atoms with Gasteiger partial charge in [-0.05, 0) is 100 Å². The van der Waals surface area contributed by atoms with Gasteiger partial charge >= 0.3 is 0 Å². The highest BCUT2D eigenvalue weighted by Gasteiger charge is 2.81. The lowest BCUT2D eigenvalue weighted by molar-refractivity contribution is -0.401. The van der Waals surface area contributed by atoms with Crippen LogP contribution in [0.1, 0.15) is 107 Å². The van der Waals surface area contributed by atoms with Gasteiger partial charge in [0.2, 0.25) is 0 Å². The number of rotatable bonds is 13. The molecule has 4 aliphatic carbocycles. The summed E-state index contributed by atoms with van der Waals surface area (Å²) in [4.78, 5) is 0. The molecule has 0 amide bonds. The lowest BCUT2D eigenvalue weighted by atomic mass is 9.35. The highest BCUT2D eigenvalue weighted by Crippen LogP contribution is 2.80. The van der Waals surface area contributed by atoms with Crippen molar-refractivity contribution in [2.24, 2.45) is 45.3 Å². The predicted molar refractivity (Wildman–Crippen MR) is 283 cm³/mol. The van der Waals surface area contributed by atoms with Crippen LogP contribution in [0.3, 0.4) is 0 Å². The standard InChI is InChI=1S/C58H94O26/c1-23(2)15-25-16-56(8,72)47-26-9-10-32-54(6)13-12-33(53(4,5)31(54)11-14-55(32,7)57(26)21-58(47,84-25)76-22-57)80-51-46(83-50-43(71)38(66)34(62)24(3)77-50)44(28(61)19-74-51)81-52-45(82-49-41(69)35(63)27(60)18-73-49)40(68)37(65)30(79-52)20-75-48-42(70)39(67)36(64)29(17-59)78-48/h15,24-52,59-72H,9-14,16-22H2,1-8H3/t24-,25+,26+,27+,28-,29+,30+,31-,32+,33-,34-,35-,36+,37+,38+,39-,40-,41+,42+,43+,44-,45+,46+,47-,48+,49-,50-,51-,52-,54-,55+,56-,57-,58-/m0/s1. The van der Waals surface area contributed by atoms with E-state index < -0.39 is 191 Å². The molecule has 2 spiro atoms. The molecule has 14 N–H and O–H groups in total. The quantitative estimate of drug-likeness (QED) is 0.0658. The molecule has 0 unspecified atom stereocenters. The summed E-state index contributed by atoms with van der Waals surface area (Å²) in [6, 6.07) is 0. The van der Waals surface area contributed by atoms with E-state index in [1.54, 1.807) is 0 Å². The van der Waals surface area contributed by atoms with Crippen LogP contribution in [0.15, 0.2) is 11.6 Å². The molecular weight excluding hydrogens is 1110 g/mol. The highest BCUT2D eigenvalue weighted by atomic mass is 16.8. The molecule has 26 heteroatoms. The number of hydrogen-bond acceptors (Lipinski definition) is 26. The first-order valence-electron chi connectivity index (χ1n) is 30.3. The fraction of sp³-hybridized carbons (Fsp3) is 0.966. The van der Waals surface area contributed by atoms with Crippen molar-refractivity contribution in [1.82, 2.24) is 0 Å². The van der Waals surface area contributed by atoms with E-state index >= 15 is 0 Å². The Morgan fingerprint density at radius 3 is 1.93 bits per heavy atom. The van der Waals surface area contributed by atoms with Crippen LogP contribution in [0, 0.1) is 45.3 Å². The topological polar surface area (TPSA) is 394 Å². The molecule has 4 saturated carbocycles. The number of hydrogen-bond donors (Lipinski definition) is 14. The van der Waals surface area contributed by atoms with Crippen molar-refractivity contribution in [1.29, 1.82) is 0 Å². The van der Waals surface area contributed by atoms with Crippen LogP contribution >= 0.6 is 0 Å². The minimum absolute atomic E-state index is 0.110. The summed E-state index contributed by atoms with van der Waals surface area (Å²) in [6.45, 7) is 14.8. The molecule has 11 rings (SSSR count). The Morgan fingerprint density at radius 1 is 0.583 bits per heavy atom. The Kier molecular flexibility index (Phi) is 17.9. The first kappa shape index (κ1) is 64.2. The second kappa shape index (κ2) is 23.4. The van der Waals surface area contributed by atoms with E-state index in [0.717, 1.165) is 44.1 Å². The summed E-state index contributed by atoms with van der Waals surface area (Å²) in [6.07, 6.45) is -31.8. The minimum atomic E-state index is -2.04. The predicted octanol–water partition coefficient (Wildman–Crippen LogP) is -2.72. The number of fused-ring (bicyclic) bond motifs is 4. The van der Waals surface area contributed by atoms with Crippen molar-refractivity contribution >= 4 is 0 Å². The van der Waals surface area contributed by atoms with E-state index in [1.807, 2.05) is 20.8 Å². The molecule has 0 radical (unpaired) electrons. The summed E-state index contributed by atoms with van der Waals surface area (Å²) < 4.78 is 75.5. The van der Waals surface area contributed by atoms with Gasteiger partial charge < -0.3 is 128 Å². The van der Waals surface area contributed by atoms with Crippen LogP contribution in [0.5, 0.6) is 0 Å². The fourth-order valence-corrected chi connectivity index (χ4v) is 18.3. The molecule has 0 aromatic carbocycles. The van der Waals surface area contributed by atoms with Gasteiger partial charge in [-0.1, -0.05) is 39.3 Å². The SMILES string of the molecule is CC(C)=C[C@@H]1C[C@](C)(O)[C@@H]2[C@H]3CC[C@@H]4[C@@]5(C)CC[C@H](O[C@@H]6OC[C@H](O)[C@H](O[C@@H]7O[C@H](CO[C@@H]8O[C@H](CO)[C@@H](O)[C@H](O)[C@H]8O)[C@@H](O)[C@H](O)[C@H]7O[C@@H]7OC[C@@H](O)[C@H](O)[C@H]7O)[C@H]6O[C@@H]6O[C@@H](C)[C@H](O)[C@@H](O)[C@H]6O)C(C)(C)[C@@H]5CC[C@@]4(C)[C@@]34CO[C@@]2(C4)O1. The summed E-state index contributed by atoms with van der Waals surface area (Å²) in [5.74, 6) is -0.440. The van der Waals surface area contributed by atoms with Crippen molar-refractivity contribution in [2.45, 2.75) is 272 Å². The number of allylic oxidation sites excluding steroid dienone is 1. The van der Waals surface area contributed by atoms with Crippen molar-refractivity contribution in [2.75, 3.05) is 33.0 Å². The lowest BCUT2D eigenvalue weighted by Gasteiger charge is -2.70. The van der Waals surface area contributed by atoms with Gasteiger partial charge in [-0.25, -0.2) is 0 Å². The maximum Gasteiger partial charge on any atom is 0.187 e. The van der Waals surface area contributed by atoms with Gasteiger partial charge in [-0.2, -0.15) is 0 Å². The van der Waals surface area contributed by atoms with E-state index in [2.05, 4.69) is 33.8 Å². The van der Waals surface area contributed by atoms with E-state index in [4.69, 9.17) is 56.8 Å². The van der Waals surface area contributed by atoms with Gasteiger partial charge in [0.1, 0.15) is 104 Å². The van der Waals surface area contributed by atoms with E-state index in [1.165, 1.54) is 6.92 Å². The molecule has 482 valence electrons. The maximum absolute atomic E-state index is 12.3. The second-order valence-electron chi connectivity index (χ2n) is 28.2. The van der Waals surface area contributed by atoms with E-state index in [-0.39, 0.29) is 46.0 Å². The summed E-state index contributed by atoms with van der Waals surface area (Å²) in [7, 11) is 0. The third kappa shape index (κ3) is 10.5. The van der Waals surface area contributed by atoms with Crippen LogP contribution in [0.4, 0.5) is 0 Å². The first-order chi connectivity index (χ1) is 39.4. The normalized spacial score (nSPS) is 57.1. The van der Waals surface area contributed by atoms with Crippen molar-refractivity contribution < 1.29 is 128 Å². The summed E-state index contributed by atoms with van der Waals surface area (Å²) in [5.41, 5.74) is -0.980. The molecule has 11 fully saturated rings. The molecule has 0 aromatic heterocycles. The maximum atomic E-state index is 12.3. The van der Waals surface area contributed by atoms with Gasteiger partial charge in [0.05, 0.1) is 56.9 Å². The average molecular weight is 1210 g/mol. The van der Waals surface area contributed by atoms with Crippen molar-refractivity contribution in [3.8, 4) is 0 Å². The third-order valence-electron chi connectivity index (χ3n) is 22.5. The van der Waals surface area contributed by atoms with Crippen molar-refractivity contribution in [3.05, 3.63) is 11.6 Å². The van der Waals surface area contributed by atoms with Gasteiger partial charge in [-0.3, -0.25) is 0 Å². The summed E-state index contributed by atoms with van der Waals surface area (Å²) >= 11 is 0. The highest BCUT2D eigenvalue weighted by molar-refractivity contribution is 5.27. The van der Waals surface area contributed by atoms with Gasteiger partial charge in [0.25, 0.3) is 0 Å². The lowest BCUT2D eigenvalue weighted by Crippen LogP contribution is -2.68. The fourth-order valence-electron chi connectivity index (χ4n) is 18.3. The number of aliphatic hydroxyl groups excluding tert-OH is 13. The van der Waals surface area contributed by atoms with Crippen LogP contribution < -0.4 is 0 Å². The van der Waals surface area contributed by atoms with Crippen LogP contribution in [-0.2, 0) is 56.8 Å². The minimum Gasteiger partial charge on any atom is -0.394 e. The smallest absolute Gasteiger partial charge is 0.187 e. The van der Waals surface area contributed by atoms with Crippen LogP contribution in [0.25, 0.3) is 0 Å². The van der Waals surface area contributed by atoms with Gasteiger partial charge in [0, 0.05) is 24.2 Å². The molecule has 7 aliphatic heterocycles. The number of ether oxygens (including phenoxy) is 12. The molecule has 26 nitrogen and oxygen atoms in total. The molecular formula is C58H94O26. The number of aliphatic hydroxyl groups is 14. The Balaban J connectivity index is 0.870. The average Bonchev–Trinajstić information content (AvgIpc) is 1.44. The molecule has 0 aromatic rings. The zero-order chi connectivity index (χ0) is 60.7. The van der Waals surface area contributed by atoms with Gasteiger partial charge in [-0.15, -0.1) is 0 Å². The van der Waals surface area contributed by atoms with Crippen molar-refractivity contribution in [3.63, 3.8) is 0 Å². The van der Waals surface area contributed by atoms with Crippen LogP contribution in [0.2, 0.25) is 0 Å². The second-order valence-corrected chi connectivity index (χ2v) is 28.2. The van der Waals surface area contributed by atoms with Gasteiger partial charge in [0.15, 0.2) is 37.2 Å². The monoisotopic (exact) mass is 1210 g/mol. The zero-order valence-electron chi connectivity index (χ0n) is 49.2. The Bertz CT molecular complexity index is 2330. The Labute approximate surface area is 488 Å². The van der Waals surface area contributed by atoms with E-state index in [9.17, 15) is 71.5 Å². The summed E-state index contributed by atoms with van der Waals surface area (Å²) in [5, 5.41) is 154. The molecule has 11 aliphatic rings. The molecule has 84 heavy (non-hydrogen) atoms. The first-order valence-corrected chi connectivity index (χ1v) is 30.3. The largest absolute Gasteiger partial charge is 0.394 e. The zero-order valence-corrected chi connectivity index (χ0v) is 49.2. The molecule has 34 atom stereocenters. The Morgan fingerprint density at radius 2 is 1.21 bits per heavy atom.